The first-order valence-corrected chi connectivity index (χ1v) is 12.4. The molecule has 11 nitrogen and oxygen atoms in total. The van der Waals surface area contributed by atoms with Crippen molar-refractivity contribution in [3.8, 4) is 0 Å². The van der Waals surface area contributed by atoms with Crippen LogP contribution in [0.3, 0.4) is 0 Å². The number of nitrogens with zero attached hydrogens (tertiary/aromatic N) is 1. The van der Waals surface area contributed by atoms with E-state index in [-0.39, 0.29) is 23.9 Å². The molecule has 0 aromatic carbocycles. The zero-order valence-electron chi connectivity index (χ0n) is 18.7. The highest BCUT2D eigenvalue weighted by Crippen LogP contribution is 2.39. The molecule has 5 atom stereocenters. The van der Waals surface area contributed by atoms with Gasteiger partial charge in [0.15, 0.2) is 11.3 Å². The van der Waals surface area contributed by atoms with Crippen LogP contribution in [0.25, 0.3) is 0 Å². The number of H-pyrrole nitrogens is 1. The molecule has 1 aromatic rings. The molecular formula is C19H31N2O9PS. The van der Waals surface area contributed by atoms with Gasteiger partial charge in [0.2, 0.25) is 0 Å². The SMILES string of the molecule is CCC(C)(C)C(=O)SCCO[PH](=O)OC[C@H]1OC(n2cc(C)c(=O)[nH]c2=O)[C@@](C)(O)C1O. The predicted octanol–water partition coefficient (Wildman–Crippen LogP) is 0.973. The summed E-state index contributed by atoms with van der Waals surface area (Å²) < 4.78 is 28.8. The van der Waals surface area contributed by atoms with Crippen LogP contribution in [0, 0.1) is 12.3 Å². The summed E-state index contributed by atoms with van der Waals surface area (Å²) in [6, 6.07) is 0. The minimum atomic E-state index is -2.94. The maximum atomic E-state index is 12.1. The number of aryl methyl sites for hydroxylation is 1. The van der Waals surface area contributed by atoms with Gasteiger partial charge in [0.1, 0.15) is 17.8 Å². The first-order valence-electron chi connectivity index (χ1n) is 10.2. The number of aliphatic hydroxyl groups is 2. The van der Waals surface area contributed by atoms with Crippen molar-refractivity contribution >= 4 is 25.1 Å². The number of hydrogen-bond acceptors (Lipinski definition) is 10. The van der Waals surface area contributed by atoms with E-state index in [2.05, 4.69) is 4.98 Å². The Labute approximate surface area is 190 Å². The molecule has 1 fully saturated rings. The van der Waals surface area contributed by atoms with E-state index in [1.165, 1.54) is 20.0 Å². The second-order valence-corrected chi connectivity index (χ2v) is 10.6. The Bertz CT molecular complexity index is 959. The van der Waals surface area contributed by atoms with Gasteiger partial charge in [0.05, 0.1) is 13.2 Å². The fraction of sp³-hybridized carbons (Fsp3) is 0.737. The summed E-state index contributed by atoms with van der Waals surface area (Å²) in [5, 5.41) is 21.1. The van der Waals surface area contributed by atoms with E-state index in [0.29, 0.717) is 12.2 Å². The highest BCUT2D eigenvalue weighted by atomic mass is 32.2. The minimum absolute atomic E-state index is 0.0210. The lowest BCUT2D eigenvalue weighted by molar-refractivity contribution is -0.118. The van der Waals surface area contributed by atoms with Crippen LogP contribution < -0.4 is 11.2 Å². The molecule has 1 aromatic heterocycles. The monoisotopic (exact) mass is 494 g/mol. The molecule has 0 amide bonds. The number of carbonyl (C=O) groups excluding carboxylic acids is 1. The van der Waals surface area contributed by atoms with Crippen molar-refractivity contribution < 1.29 is 33.4 Å². The highest BCUT2D eigenvalue weighted by molar-refractivity contribution is 8.13. The normalized spacial score (nSPS) is 26.9. The second-order valence-electron chi connectivity index (χ2n) is 8.46. The smallest absolute Gasteiger partial charge is 0.330 e. The van der Waals surface area contributed by atoms with Crippen molar-refractivity contribution in [1.82, 2.24) is 9.55 Å². The van der Waals surface area contributed by atoms with Crippen LogP contribution in [-0.4, -0.2) is 61.7 Å². The first-order chi connectivity index (χ1) is 14.8. The molecular weight excluding hydrogens is 463 g/mol. The number of ether oxygens (including phenoxy) is 1. The third-order valence-corrected chi connectivity index (χ3v) is 7.52. The molecule has 0 saturated carbocycles. The number of hydrogen-bond donors (Lipinski definition) is 3. The molecule has 182 valence electrons. The van der Waals surface area contributed by atoms with E-state index in [1.807, 2.05) is 20.8 Å². The van der Waals surface area contributed by atoms with Crippen molar-refractivity contribution in [3.05, 3.63) is 32.6 Å². The molecule has 1 aliphatic rings. The topological polar surface area (TPSA) is 157 Å². The number of aliphatic hydroxyl groups excluding tert-OH is 1. The molecule has 3 N–H and O–H groups in total. The van der Waals surface area contributed by atoms with E-state index in [0.717, 1.165) is 16.3 Å². The molecule has 13 heteroatoms. The van der Waals surface area contributed by atoms with Crippen LogP contribution in [-0.2, 0) is 23.1 Å². The van der Waals surface area contributed by atoms with Gasteiger partial charge in [-0.3, -0.25) is 23.7 Å². The molecule has 0 spiro atoms. The van der Waals surface area contributed by atoms with Gasteiger partial charge in [-0.05, 0) is 20.3 Å². The molecule has 1 saturated heterocycles. The first kappa shape index (κ1) is 27.0. The Kier molecular flexibility index (Phi) is 9.08. The lowest BCUT2D eigenvalue weighted by atomic mass is 9.92. The maximum absolute atomic E-state index is 12.1. The largest absolute Gasteiger partial charge is 0.387 e. The van der Waals surface area contributed by atoms with Crippen LogP contribution in [0.4, 0.5) is 0 Å². The van der Waals surface area contributed by atoms with Gasteiger partial charge in [-0.15, -0.1) is 0 Å². The fourth-order valence-corrected chi connectivity index (χ4v) is 4.62. The van der Waals surface area contributed by atoms with Gasteiger partial charge < -0.3 is 24.0 Å². The molecule has 2 heterocycles. The van der Waals surface area contributed by atoms with E-state index in [4.69, 9.17) is 13.8 Å². The number of thioether (sulfide) groups is 1. The molecule has 3 unspecified atom stereocenters. The van der Waals surface area contributed by atoms with E-state index in [1.54, 1.807) is 0 Å². The molecule has 0 aliphatic carbocycles. The fourth-order valence-electron chi connectivity index (χ4n) is 2.93. The van der Waals surface area contributed by atoms with Crippen molar-refractivity contribution in [1.29, 1.82) is 0 Å². The van der Waals surface area contributed by atoms with Gasteiger partial charge in [-0.1, -0.05) is 32.5 Å². The Balaban J connectivity index is 1.89. The van der Waals surface area contributed by atoms with Crippen LogP contribution in [0.15, 0.2) is 15.8 Å². The minimum Gasteiger partial charge on any atom is -0.387 e. The van der Waals surface area contributed by atoms with Crippen molar-refractivity contribution in [2.75, 3.05) is 19.0 Å². The summed E-state index contributed by atoms with van der Waals surface area (Å²) in [6.07, 6.45) is -1.94. The standard InChI is InChI=1S/C19H31N2O9PS/c1-6-18(3,4)16(24)32-8-7-28-31(27)29-10-12-13(22)19(5,26)15(30-12)21-9-11(2)14(23)20-17(21)25/h9,12-13,15,22,26,31H,6-8,10H2,1-5H3,(H,20,23,25)/t12-,13?,15?,19+/m1/s1. The Morgan fingerprint density at radius 1 is 1.41 bits per heavy atom. The third kappa shape index (κ3) is 6.19. The maximum Gasteiger partial charge on any atom is 0.330 e. The summed E-state index contributed by atoms with van der Waals surface area (Å²) in [4.78, 5) is 37.9. The lowest BCUT2D eigenvalue weighted by Crippen LogP contribution is -2.47. The quantitative estimate of drug-likeness (QED) is 0.316. The number of rotatable bonds is 10. The molecule has 32 heavy (non-hydrogen) atoms. The number of aromatic nitrogens is 2. The molecule has 2 rings (SSSR count). The third-order valence-electron chi connectivity index (χ3n) is 5.49. The number of aromatic amines is 1. The Hall–Kier alpha value is -1.27. The van der Waals surface area contributed by atoms with Gasteiger partial charge in [0.25, 0.3) is 5.56 Å². The van der Waals surface area contributed by atoms with Gasteiger partial charge in [-0.25, -0.2) is 4.79 Å². The molecule has 0 radical (unpaired) electrons. The Morgan fingerprint density at radius 3 is 2.69 bits per heavy atom. The van der Waals surface area contributed by atoms with Crippen molar-refractivity contribution in [2.45, 2.75) is 65.1 Å². The van der Waals surface area contributed by atoms with Crippen molar-refractivity contribution in [2.24, 2.45) is 5.41 Å². The van der Waals surface area contributed by atoms with Gasteiger partial charge in [-0.2, -0.15) is 0 Å². The Morgan fingerprint density at radius 2 is 2.06 bits per heavy atom. The number of nitrogens with one attached hydrogen (secondary N) is 1. The van der Waals surface area contributed by atoms with Gasteiger partial charge in [0, 0.05) is 22.9 Å². The second kappa shape index (κ2) is 10.8. The van der Waals surface area contributed by atoms with Crippen LogP contribution in [0.1, 0.15) is 45.9 Å². The zero-order valence-corrected chi connectivity index (χ0v) is 20.6. The zero-order chi connectivity index (χ0) is 24.3. The molecule has 0 bridgehead atoms. The predicted molar refractivity (Wildman–Crippen MR) is 119 cm³/mol. The summed E-state index contributed by atoms with van der Waals surface area (Å²) in [6.45, 7) is 8.07. The van der Waals surface area contributed by atoms with Crippen LogP contribution in [0.5, 0.6) is 0 Å². The highest BCUT2D eigenvalue weighted by Gasteiger charge is 2.53. The van der Waals surface area contributed by atoms with E-state index >= 15 is 0 Å². The van der Waals surface area contributed by atoms with Gasteiger partial charge >= 0.3 is 13.9 Å². The van der Waals surface area contributed by atoms with Crippen molar-refractivity contribution in [3.63, 3.8) is 0 Å². The summed E-state index contributed by atoms with van der Waals surface area (Å²) >= 11 is 1.10. The van der Waals surface area contributed by atoms with E-state index in [9.17, 15) is 29.2 Å². The van der Waals surface area contributed by atoms with Crippen LogP contribution in [0.2, 0.25) is 0 Å². The van der Waals surface area contributed by atoms with E-state index < -0.39 is 49.0 Å². The average molecular weight is 495 g/mol. The average Bonchev–Trinajstić information content (AvgIpc) is 2.95. The molecule has 1 aliphatic heterocycles. The summed E-state index contributed by atoms with van der Waals surface area (Å²) in [5.74, 6) is 0.315. The summed E-state index contributed by atoms with van der Waals surface area (Å²) in [5.41, 5.74) is -3.49. The lowest BCUT2D eigenvalue weighted by Gasteiger charge is -2.27. The summed E-state index contributed by atoms with van der Waals surface area (Å²) in [7, 11) is -2.94. The van der Waals surface area contributed by atoms with Crippen LogP contribution >= 0.6 is 20.0 Å². The number of carbonyl (C=O) groups is 1.